The molecule has 0 aliphatic heterocycles. The molecule has 0 unspecified atom stereocenters. The van der Waals surface area contributed by atoms with Gasteiger partial charge in [-0.3, -0.25) is 9.78 Å². The molecule has 2 heterocycles. The summed E-state index contributed by atoms with van der Waals surface area (Å²) >= 11 is 1.41. The van der Waals surface area contributed by atoms with Gasteiger partial charge in [-0.25, -0.2) is 0 Å². The van der Waals surface area contributed by atoms with Crippen molar-refractivity contribution in [2.24, 2.45) is 0 Å². The third-order valence-electron chi connectivity index (χ3n) is 4.53. The highest BCUT2D eigenvalue weighted by Gasteiger charge is 2.16. The zero-order chi connectivity index (χ0) is 19.9. The molecule has 1 atom stereocenters. The molecule has 3 aromatic rings. The van der Waals surface area contributed by atoms with Gasteiger partial charge in [0.25, 0.3) is 0 Å². The molecule has 3 rings (SSSR count). The minimum Gasteiger partial charge on any atom is -0.349 e. The zero-order valence-electron chi connectivity index (χ0n) is 16.4. The Hall–Kier alpha value is -2.67. The Labute approximate surface area is 169 Å². The van der Waals surface area contributed by atoms with Crippen LogP contribution in [0.3, 0.4) is 0 Å². The summed E-state index contributed by atoms with van der Waals surface area (Å²) in [5, 5.41) is 12.4. The molecule has 2 aromatic heterocycles. The molecule has 0 aliphatic carbocycles. The fraction of sp³-hybridized carbons (Fsp3) is 0.333. The molecule has 7 heteroatoms. The molecule has 1 N–H and O–H groups in total. The van der Waals surface area contributed by atoms with E-state index in [0.29, 0.717) is 5.75 Å². The van der Waals surface area contributed by atoms with Gasteiger partial charge in [-0.15, -0.1) is 10.2 Å². The van der Waals surface area contributed by atoms with Crippen LogP contribution in [0, 0.1) is 6.92 Å². The Morgan fingerprint density at radius 2 is 1.82 bits per heavy atom. The van der Waals surface area contributed by atoms with Gasteiger partial charge in [-0.2, -0.15) is 0 Å². The van der Waals surface area contributed by atoms with Crippen molar-refractivity contribution < 1.29 is 4.79 Å². The molecule has 1 aromatic carbocycles. The summed E-state index contributed by atoms with van der Waals surface area (Å²) in [7, 11) is 0. The van der Waals surface area contributed by atoms with Crippen LogP contribution >= 0.6 is 11.8 Å². The van der Waals surface area contributed by atoms with Gasteiger partial charge in [0.05, 0.1) is 11.8 Å². The maximum atomic E-state index is 12.5. The minimum atomic E-state index is -0.00598. The normalized spacial score (nSPS) is 12.0. The average Bonchev–Trinajstić information content (AvgIpc) is 3.15. The highest BCUT2D eigenvalue weighted by atomic mass is 32.2. The number of pyridine rings is 1. The summed E-state index contributed by atoms with van der Waals surface area (Å²) in [6.45, 7) is 6.91. The highest BCUT2D eigenvalue weighted by Crippen LogP contribution is 2.24. The standard InChI is InChI=1S/C21H25N5OS/c1-4-18(16-8-6-15(3)7-9-16)23-19(27)14-28-21-25-24-20(26(21)5-2)17-10-12-22-13-11-17/h6-13,18H,4-5,14H2,1-3H3,(H,23,27)/t18-/m1/s1. The predicted molar refractivity (Wildman–Crippen MR) is 112 cm³/mol. The number of nitrogens with zero attached hydrogens (tertiary/aromatic N) is 4. The molecule has 0 radical (unpaired) electrons. The lowest BCUT2D eigenvalue weighted by Crippen LogP contribution is -2.29. The highest BCUT2D eigenvalue weighted by molar-refractivity contribution is 7.99. The van der Waals surface area contributed by atoms with Crippen LogP contribution in [0.5, 0.6) is 0 Å². The van der Waals surface area contributed by atoms with Crippen LogP contribution in [-0.2, 0) is 11.3 Å². The minimum absolute atomic E-state index is 0.00598. The summed E-state index contributed by atoms with van der Waals surface area (Å²) in [5.41, 5.74) is 3.30. The van der Waals surface area contributed by atoms with E-state index < -0.39 is 0 Å². The van der Waals surface area contributed by atoms with Crippen LogP contribution in [0.2, 0.25) is 0 Å². The summed E-state index contributed by atoms with van der Waals surface area (Å²) in [4.78, 5) is 16.5. The third-order valence-corrected chi connectivity index (χ3v) is 5.49. The number of thioether (sulfide) groups is 1. The SMILES string of the molecule is CC[C@@H](NC(=O)CSc1nnc(-c2ccncc2)n1CC)c1ccc(C)cc1. The molecule has 0 spiro atoms. The van der Waals surface area contributed by atoms with Crippen LogP contribution in [0.15, 0.2) is 53.9 Å². The number of rotatable bonds is 8. The van der Waals surface area contributed by atoms with Crippen LogP contribution in [-0.4, -0.2) is 31.4 Å². The van der Waals surface area contributed by atoms with Gasteiger partial charge < -0.3 is 9.88 Å². The topological polar surface area (TPSA) is 72.7 Å². The monoisotopic (exact) mass is 395 g/mol. The number of hydrogen-bond donors (Lipinski definition) is 1. The number of amides is 1. The maximum absolute atomic E-state index is 12.5. The van der Waals surface area contributed by atoms with E-state index in [-0.39, 0.29) is 11.9 Å². The van der Waals surface area contributed by atoms with Crippen molar-refractivity contribution in [3.8, 4) is 11.4 Å². The van der Waals surface area contributed by atoms with Gasteiger partial charge in [-0.05, 0) is 38.0 Å². The quantitative estimate of drug-likeness (QED) is 0.583. The first-order valence-corrected chi connectivity index (χ1v) is 10.4. The maximum Gasteiger partial charge on any atom is 0.230 e. The van der Waals surface area contributed by atoms with E-state index in [1.165, 1.54) is 17.3 Å². The van der Waals surface area contributed by atoms with Crippen LogP contribution in [0.25, 0.3) is 11.4 Å². The molecule has 6 nitrogen and oxygen atoms in total. The van der Waals surface area contributed by atoms with E-state index in [1.54, 1.807) is 12.4 Å². The van der Waals surface area contributed by atoms with E-state index in [2.05, 4.69) is 58.6 Å². The zero-order valence-corrected chi connectivity index (χ0v) is 17.2. The Kier molecular flexibility index (Phi) is 6.81. The lowest BCUT2D eigenvalue weighted by atomic mass is 10.0. The second-order valence-corrected chi connectivity index (χ2v) is 7.46. The van der Waals surface area contributed by atoms with Crippen molar-refractivity contribution in [3.63, 3.8) is 0 Å². The fourth-order valence-corrected chi connectivity index (χ4v) is 3.79. The second kappa shape index (κ2) is 9.50. The largest absolute Gasteiger partial charge is 0.349 e. The van der Waals surface area contributed by atoms with Crippen molar-refractivity contribution in [1.29, 1.82) is 0 Å². The van der Waals surface area contributed by atoms with Crippen LogP contribution < -0.4 is 5.32 Å². The van der Waals surface area contributed by atoms with Gasteiger partial charge in [0.15, 0.2) is 11.0 Å². The smallest absolute Gasteiger partial charge is 0.230 e. The van der Waals surface area contributed by atoms with Gasteiger partial charge in [0.1, 0.15) is 0 Å². The van der Waals surface area contributed by atoms with E-state index in [4.69, 9.17) is 0 Å². The summed E-state index contributed by atoms with van der Waals surface area (Å²) in [5.74, 6) is 1.09. The van der Waals surface area contributed by atoms with Gasteiger partial charge in [0, 0.05) is 24.5 Å². The first-order chi connectivity index (χ1) is 13.6. The molecular formula is C21H25N5OS. The Morgan fingerprint density at radius 3 is 2.46 bits per heavy atom. The first kappa shape index (κ1) is 20.1. The fourth-order valence-electron chi connectivity index (χ4n) is 2.98. The van der Waals surface area contributed by atoms with Gasteiger partial charge >= 0.3 is 0 Å². The van der Waals surface area contributed by atoms with Crippen molar-refractivity contribution >= 4 is 17.7 Å². The number of aromatic nitrogens is 4. The van der Waals surface area contributed by atoms with Crippen molar-refractivity contribution in [2.75, 3.05) is 5.75 Å². The van der Waals surface area contributed by atoms with Crippen LogP contribution in [0.4, 0.5) is 0 Å². The predicted octanol–water partition coefficient (Wildman–Crippen LogP) is 4.03. The van der Waals surface area contributed by atoms with Crippen molar-refractivity contribution in [1.82, 2.24) is 25.1 Å². The first-order valence-electron chi connectivity index (χ1n) is 9.44. The van der Waals surface area contributed by atoms with Crippen LogP contribution in [0.1, 0.15) is 37.4 Å². The second-order valence-electron chi connectivity index (χ2n) is 6.51. The molecule has 0 bridgehead atoms. The lowest BCUT2D eigenvalue weighted by Gasteiger charge is -2.17. The van der Waals surface area contributed by atoms with E-state index in [0.717, 1.165) is 35.1 Å². The number of aryl methyl sites for hydroxylation is 1. The Bertz CT molecular complexity index is 908. The number of carbonyl (C=O) groups is 1. The number of carbonyl (C=O) groups excluding carboxylic acids is 1. The van der Waals surface area contributed by atoms with E-state index in [9.17, 15) is 4.79 Å². The molecule has 0 saturated heterocycles. The third kappa shape index (κ3) is 4.78. The summed E-state index contributed by atoms with van der Waals surface area (Å²) < 4.78 is 2.02. The molecule has 146 valence electrons. The Balaban J connectivity index is 1.64. The van der Waals surface area contributed by atoms with E-state index >= 15 is 0 Å². The lowest BCUT2D eigenvalue weighted by molar-refractivity contribution is -0.119. The molecular weight excluding hydrogens is 370 g/mol. The van der Waals surface area contributed by atoms with Crippen molar-refractivity contribution in [3.05, 3.63) is 59.9 Å². The number of nitrogens with one attached hydrogen (secondary N) is 1. The summed E-state index contributed by atoms with van der Waals surface area (Å²) in [6.07, 6.45) is 4.32. The summed E-state index contributed by atoms with van der Waals surface area (Å²) in [6, 6.07) is 12.1. The molecule has 1 amide bonds. The molecule has 0 aliphatic rings. The number of hydrogen-bond acceptors (Lipinski definition) is 5. The van der Waals surface area contributed by atoms with E-state index in [1.807, 2.05) is 23.6 Å². The number of benzene rings is 1. The molecule has 0 fully saturated rings. The Morgan fingerprint density at radius 1 is 1.11 bits per heavy atom. The van der Waals surface area contributed by atoms with Crippen molar-refractivity contribution in [2.45, 2.75) is 44.9 Å². The van der Waals surface area contributed by atoms with Gasteiger partial charge in [0.2, 0.25) is 5.91 Å². The molecule has 0 saturated carbocycles. The van der Waals surface area contributed by atoms with Gasteiger partial charge in [-0.1, -0.05) is 48.5 Å². The molecule has 28 heavy (non-hydrogen) atoms. The average molecular weight is 396 g/mol.